The predicted molar refractivity (Wildman–Crippen MR) is 139 cm³/mol. The van der Waals surface area contributed by atoms with Crippen LogP contribution in [-0.4, -0.2) is 80.2 Å². The summed E-state index contributed by atoms with van der Waals surface area (Å²) in [5.41, 5.74) is 3.66. The number of aliphatic hydroxyl groups is 1. The number of thioether (sulfide) groups is 1. The monoisotopic (exact) mass is 526 g/mol. The van der Waals surface area contributed by atoms with E-state index in [9.17, 15) is 19.1 Å². The van der Waals surface area contributed by atoms with Crippen molar-refractivity contribution in [3.63, 3.8) is 0 Å². The summed E-state index contributed by atoms with van der Waals surface area (Å²) in [6, 6.07) is 8.44. The highest BCUT2D eigenvalue weighted by atomic mass is 32.2. The van der Waals surface area contributed by atoms with E-state index in [-0.39, 0.29) is 31.3 Å². The van der Waals surface area contributed by atoms with Crippen LogP contribution in [0.25, 0.3) is 0 Å². The molecular formula is C28H35FN4O3S. The molecule has 5 atom stereocenters. The lowest BCUT2D eigenvalue weighted by molar-refractivity contribution is -0.132. The van der Waals surface area contributed by atoms with Gasteiger partial charge >= 0.3 is 0 Å². The van der Waals surface area contributed by atoms with Crippen LogP contribution in [0.2, 0.25) is 0 Å². The van der Waals surface area contributed by atoms with Crippen LogP contribution in [0.4, 0.5) is 4.39 Å². The predicted octanol–water partition coefficient (Wildman–Crippen LogP) is 3.43. The van der Waals surface area contributed by atoms with Gasteiger partial charge in [0.2, 0.25) is 5.91 Å². The van der Waals surface area contributed by atoms with E-state index in [4.69, 9.17) is 0 Å². The Kier molecular flexibility index (Phi) is 6.55. The third kappa shape index (κ3) is 4.58. The Bertz CT molecular complexity index is 1210. The molecule has 198 valence electrons. The summed E-state index contributed by atoms with van der Waals surface area (Å²) in [7, 11) is 0. The van der Waals surface area contributed by atoms with E-state index in [0.717, 1.165) is 43.6 Å². The van der Waals surface area contributed by atoms with Crippen LogP contribution in [0.15, 0.2) is 29.2 Å². The molecule has 0 spiro atoms. The van der Waals surface area contributed by atoms with Crippen molar-refractivity contribution in [1.29, 1.82) is 0 Å². The second-order valence-corrected chi connectivity index (χ2v) is 12.5. The van der Waals surface area contributed by atoms with Crippen molar-refractivity contribution < 1.29 is 19.1 Å². The van der Waals surface area contributed by atoms with Gasteiger partial charge in [-0.2, -0.15) is 5.10 Å². The molecule has 6 rings (SSSR count). The Morgan fingerprint density at radius 3 is 2.59 bits per heavy atom. The minimum absolute atomic E-state index is 0.0437. The summed E-state index contributed by atoms with van der Waals surface area (Å²) in [6.07, 6.45) is 0.534. The fourth-order valence-corrected chi connectivity index (χ4v) is 7.69. The number of aryl methyl sites for hydroxylation is 1. The van der Waals surface area contributed by atoms with E-state index in [1.54, 1.807) is 4.68 Å². The van der Waals surface area contributed by atoms with E-state index in [1.165, 1.54) is 15.4 Å². The number of nitrogens with zero attached hydrogens (tertiary/aromatic N) is 4. The van der Waals surface area contributed by atoms with Gasteiger partial charge in [0.05, 0.1) is 12.6 Å². The molecule has 2 aliphatic carbocycles. The van der Waals surface area contributed by atoms with Crippen molar-refractivity contribution in [1.82, 2.24) is 19.6 Å². The van der Waals surface area contributed by atoms with Crippen molar-refractivity contribution >= 4 is 23.6 Å². The van der Waals surface area contributed by atoms with Crippen molar-refractivity contribution in [2.75, 3.05) is 26.2 Å². The maximum Gasteiger partial charge on any atom is 0.274 e. The number of aliphatic hydroxyl groups excluding tert-OH is 1. The number of carbonyl (C=O) groups excluding carboxylic acids is 2. The Morgan fingerprint density at radius 1 is 1.14 bits per heavy atom. The number of fused-ring (bicyclic) bond motifs is 3. The molecule has 3 fully saturated rings. The standard InChI is InChI=1S/C28H35FN4O3S/c1-16-5-3-4-6-23(16)37-18-7-10-31(11-8-18)24(35)15-33-21-13-19-17(2)25(19)26(21)27(30-33)28(36)32-12-9-22(34)20(29)14-32/h3-6,17-20,22,25,34H,7-15H2,1-2H3/t17-,19+,20-,22+,25-/m1/s1. The van der Waals surface area contributed by atoms with Gasteiger partial charge in [0, 0.05) is 41.0 Å². The zero-order valence-electron chi connectivity index (χ0n) is 21.5. The van der Waals surface area contributed by atoms with Crippen molar-refractivity contribution in [2.24, 2.45) is 11.8 Å². The highest BCUT2D eigenvalue weighted by Gasteiger charge is 2.56. The molecule has 2 aromatic rings. The van der Waals surface area contributed by atoms with Crippen molar-refractivity contribution in [3.8, 4) is 0 Å². The number of hydrogen-bond donors (Lipinski definition) is 1. The number of benzene rings is 1. The van der Waals surface area contributed by atoms with Gasteiger partial charge in [-0.3, -0.25) is 14.3 Å². The molecule has 9 heteroatoms. The lowest BCUT2D eigenvalue weighted by Gasteiger charge is -2.32. The number of piperidine rings is 2. The first-order valence-electron chi connectivity index (χ1n) is 13.5. The molecule has 2 aliphatic heterocycles. The van der Waals surface area contributed by atoms with E-state index in [1.807, 2.05) is 16.7 Å². The third-order valence-corrected chi connectivity index (χ3v) is 10.4. The molecule has 4 aliphatic rings. The quantitative estimate of drug-likeness (QED) is 0.646. The summed E-state index contributed by atoms with van der Waals surface area (Å²) >= 11 is 1.91. The Balaban J connectivity index is 1.13. The summed E-state index contributed by atoms with van der Waals surface area (Å²) in [5, 5.41) is 14.9. The van der Waals surface area contributed by atoms with Crippen LogP contribution >= 0.6 is 11.8 Å². The molecule has 7 nitrogen and oxygen atoms in total. The first-order valence-corrected chi connectivity index (χ1v) is 14.4. The number of aromatic nitrogens is 2. The van der Waals surface area contributed by atoms with Crippen LogP contribution in [0.5, 0.6) is 0 Å². The van der Waals surface area contributed by atoms with E-state index >= 15 is 0 Å². The molecule has 37 heavy (non-hydrogen) atoms. The number of likely N-dealkylation sites (tertiary alicyclic amines) is 2. The Hall–Kier alpha value is -2.39. The van der Waals surface area contributed by atoms with Gasteiger partial charge in [0.1, 0.15) is 12.7 Å². The second-order valence-electron chi connectivity index (χ2n) is 11.2. The van der Waals surface area contributed by atoms with Gasteiger partial charge in [-0.15, -0.1) is 11.8 Å². The minimum Gasteiger partial charge on any atom is -0.390 e. The summed E-state index contributed by atoms with van der Waals surface area (Å²) in [6.45, 7) is 6.14. The molecule has 1 N–H and O–H groups in total. The van der Waals surface area contributed by atoms with Gasteiger partial charge in [0.15, 0.2) is 5.69 Å². The number of rotatable bonds is 5. The fraction of sp³-hybridized carbons (Fsp3) is 0.607. The van der Waals surface area contributed by atoms with Crippen LogP contribution in [-0.2, 0) is 17.8 Å². The van der Waals surface area contributed by atoms with E-state index in [2.05, 4.69) is 43.2 Å². The number of hydrogen-bond acceptors (Lipinski definition) is 5. The largest absolute Gasteiger partial charge is 0.390 e. The van der Waals surface area contributed by atoms with E-state index in [0.29, 0.717) is 35.2 Å². The van der Waals surface area contributed by atoms with Gasteiger partial charge in [-0.25, -0.2) is 4.39 Å². The molecule has 1 saturated carbocycles. The molecule has 0 radical (unpaired) electrons. The van der Waals surface area contributed by atoms with Crippen LogP contribution < -0.4 is 0 Å². The topological polar surface area (TPSA) is 78.7 Å². The van der Waals surface area contributed by atoms with Gasteiger partial charge in [-0.05, 0) is 62.0 Å². The lowest BCUT2D eigenvalue weighted by atomic mass is 10.0. The highest BCUT2D eigenvalue weighted by molar-refractivity contribution is 8.00. The molecule has 2 saturated heterocycles. The third-order valence-electron chi connectivity index (χ3n) is 8.89. The number of amides is 2. The first kappa shape index (κ1) is 24.9. The molecule has 1 aromatic heterocycles. The molecule has 2 amide bonds. The molecular weight excluding hydrogens is 491 g/mol. The normalized spacial score (nSPS) is 29.2. The fourth-order valence-electron chi connectivity index (χ4n) is 6.47. The maximum atomic E-state index is 14.2. The zero-order valence-corrected chi connectivity index (χ0v) is 22.3. The smallest absolute Gasteiger partial charge is 0.274 e. The molecule has 0 unspecified atom stereocenters. The van der Waals surface area contributed by atoms with Gasteiger partial charge in [-0.1, -0.05) is 25.1 Å². The van der Waals surface area contributed by atoms with Gasteiger partial charge < -0.3 is 14.9 Å². The minimum atomic E-state index is -1.44. The summed E-state index contributed by atoms with van der Waals surface area (Å²) in [4.78, 5) is 31.4. The summed E-state index contributed by atoms with van der Waals surface area (Å²) < 4.78 is 15.9. The molecule has 0 bridgehead atoms. The molecule has 1 aromatic carbocycles. The SMILES string of the molecule is Cc1ccccc1SC1CCN(C(=O)Cn2nc(C(=O)N3CC[C@H](O)[C@H](F)C3)c3c2C[C@H]2[C@@H](C)[C@@H]32)CC1. The zero-order chi connectivity index (χ0) is 25.8. The Labute approximate surface area is 221 Å². The van der Waals surface area contributed by atoms with Crippen LogP contribution in [0.3, 0.4) is 0 Å². The number of carbonyl (C=O) groups is 2. The second kappa shape index (κ2) is 9.73. The van der Waals surface area contributed by atoms with Crippen LogP contribution in [0, 0.1) is 18.8 Å². The lowest BCUT2D eigenvalue weighted by Crippen LogP contribution is -2.47. The molecule has 3 heterocycles. The van der Waals surface area contributed by atoms with Crippen molar-refractivity contribution in [2.45, 2.75) is 74.4 Å². The number of alkyl halides is 1. The average Bonchev–Trinajstić information content (AvgIpc) is 3.20. The van der Waals surface area contributed by atoms with Crippen molar-refractivity contribution in [3.05, 3.63) is 46.8 Å². The van der Waals surface area contributed by atoms with Crippen LogP contribution in [0.1, 0.15) is 59.4 Å². The summed E-state index contributed by atoms with van der Waals surface area (Å²) in [5.74, 6) is 1.10. The number of halogens is 1. The van der Waals surface area contributed by atoms with E-state index < -0.39 is 12.3 Å². The average molecular weight is 527 g/mol. The van der Waals surface area contributed by atoms with Gasteiger partial charge in [0.25, 0.3) is 5.91 Å². The maximum absolute atomic E-state index is 14.2. The first-order chi connectivity index (χ1) is 17.8. The Morgan fingerprint density at radius 2 is 1.86 bits per heavy atom. The highest BCUT2D eigenvalue weighted by Crippen LogP contribution is 2.62.